The lowest BCUT2D eigenvalue weighted by molar-refractivity contribution is -0.111. The number of benzene rings is 2. The van der Waals surface area contributed by atoms with Crippen LogP contribution < -0.4 is 10.7 Å². The van der Waals surface area contributed by atoms with E-state index >= 15 is 0 Å². The van der Waals surface area contributed by atoms with E-state index in [0.717, 1.165) is 6.26 Å². The molecule has 28 heavy (non-hydrogen) atoms. The number of halogens is 1. The van der Waals surface area contributed by atoms with Crippen LogP contribution >= 0.6 is 0 Å². The Morgan fingerprint density at radius 1 is 1.25 bits per heavy atom. The molecule has 0 aromatic heterocycles. The molecular weight excluding hydrogens is 389 g/mol. The average Bonchev–Trinajstić information content (AvgIpc) is 2.64. The summed E-state index contributed by atoms with van der Waals surface area (Å²) < 4.78 is 37.4. The minimum atomic E-state index is -3.65. The van der Waals surface area contributed by atoms with Crippen LogP contribution in [0, 0.1) is 5.82 Å². The molecule has 2 rings (SSSR count). The zero-order valence-electron chi connectivity index (χ0n) is 15.2. The van der Waals surface area contributed by atoms with Gasteiger partial charge in [0.15, 0.2) is 9.84 Å². The number of para-hydroxylation sites is 1. The van der Waals surface area contributed by atoms with E-state index in [0.29, 0.717) is 16.9 Å². The molecule has 0 heterocycles. The van der Waals surface area contributed by atoms with E-state index < -0.39 is 27.8 Å². The second-order valence-electron chi connectivity index (χ2n) is 6.07. The number of sulfone groups is 1. The minimum absolute atomic E-state index is 0.0521. The summed E-state index contributed by atoms with van der Waals surface area (Å²) >= 11 is 0. The van der Waals surface area contributed by atoms with Gasteiger partial charge in [-0.2, -0.15) is 0 Å². The van der Waals surface area contributed by atoms with Gasteiger partial charge in [0.1, 0.15) is 18.1 Å². The topological polar surface area (TPSA) is 116 Å². The van der Waals surface area contributed by atoms with Gasteiger partial charge in [0, 0.05) is 12.8 Å². The molecule has 10 heteroatoms. The summed E-state index contributed by atoms with van der Waals surface area (Å²) in [4.78, 5) is 22.4. The van der Waals surface area contributed by atoms with Gasteiger partial charge in [-0.1, -0.05) is 18.2 Å². The summed E-state index contributed by atoms with van der Waals surface area (Å²) in [6.45, 7) is 1.54. The highest BCUT2D eigenvalue weighted by atomic mass is 32.2. The largest absolute Gasteiger partial charge is 0.464 e. The highest BCUT2D eigenvalue weighted by Gasteiger charge is 2.23. The van der Waals surface area contributed by atoms with Crippen molar-refractivity contribution in [2.75, 3.05) is 17.0 Å². The molecule has 1 atom stereocenters. The number of hydrogen-bond donors (Lipinski definition) is 3. The number of carbonyl (C=O) groups is 2. The Hall–Kier alpha value is -3.14. The van der Waals surface area contributed by atoms with Crippen LogP contribution in [0.4, 0.5) is 20.6 Å². The number of carbonyl (C=O) groups excluding carboxylic acids is 1. The van der Waals surface area contributed by atoms with Crippen LogP contribution in [-0.2, 0) is 21.2 Å². The van der Waals surface area contributed by atoms with Crippen molar-refractivity contribution >= 4 is 33.6 Å². The predicted octanol–water partition coefficient (Wildman–Crippen LogP) is 2.74. The first-order chi connectivity index (χ1) is 13.1. The number of amides is 1. The highest BCUT2D eigenvalue weighted by molar-refractivity contribution is 7.90. The van der Waals surface area contributed by atoms with Crippen molar-refractivity contribution < 1.29 is 27.5 Å². The molecule has 1 amide bonds. The molecule has 0 aliphatic carbocycles. The first-order valence-corrected chi connectivity index (χ1v) is 10.1. The summed E-state index contributed by atoms with van der Waals surface area (Å²) in [7, 11) is -3.65. The number of nitrogens with one attached hydrogen (secondary N) is 2. The van der Waals surface area contributed by atoms with Crippen molar-refractivity contribution in [1.29, 1.82) is 0 Å². The van der Waals surface area contributed by atoms with Crippen molar-refractivity contribution in [2.45, 2.75) is 24.4 Å². The van der Waals surface area contributed by atoms with Crippen LogP contribution in [0.15, 0.2) is 47.4 Å². The van der Waals surface area contributed by atoms with Crippen LogP contribution in [0.5, 0.6) is 0 Å². The van der Waals surface area contributed by atoms with Crippen molar-refractivity contribution in [3.8, 4) is 0 Å². The number of hydrogen-bond acceptors (Lipinski definition) is 6. The fourth-order valence-corrected chi connectivity index (χ4v) is 3.30. The van der Waals surface area contributed by atoms with Gasteiger partial charge < -0.3 is 15.2 Å². The number of rotatable bonds is 8. The summed E-state index contributed by atoms with van der Waals surface area (Å²) in [6, 6.07) is 8.93. The molecule has 0 saturated heterocycles. The lowest BCUT2D eigenvalue weighted by Crippen LogP contribution is -2.43. The van der Waals surface area contributed by atoms with E-state index in [1.54, 1.807) is 0 Å². The second-order valence-corrected chi connectivity index (χ2v) is 8.06. The number of hydrazine groups is 1. The summed E-state index contributed by atoms with van der Waals surface area (Å²) in [5, 5.41) is 12.9. The summed E-state index contributed by atoms with van der Waals surface area (Å²) in [5.74, 6) is -0.400. The molecule has 0 bridgehead atoms. The lowest BCUT2D eigenvalue weighted by atomic mass is 10.2. The van der Waals surface area contributed by atoms with E-state index in [1.807, 2.05) is 0 Å². The molecule has 8 nitrogen and oxygen atoms in total. The monoisotopic (exact) mass is 409 g/mol. The van der Waals surface area contributed by atoms with Crippen molar-refractivity contribution in [1.82, 2.24) is 5.01 Å². The number of nitrogens with zero attached hydrogens (tertiary/aromatic N) is 1. The molecule has 150 valence electrons. The number of anilines is 2. The molecule has 0 aliphatic heterocycles. The van der Waals surface area contributed by atoms with E-state index in [2.05, 4.69) is 10.7 Å². The van der Waals surface area contributed by atoms with Crippen LogP contribution in [0.25, 0.3) is 0 Å². The Bertz CT molecular complexity index is 964. The molecule has 0 fully saturated rings. The van der Waals surface area contributed by atoms with E-state index in [-0.39, 0.29) is 22.8 Å². The maximum atomic E-state index is 13.1. The zero-order chi connectivity index (χ0) is 20.9. The third kappa shape index (κ3) is 5.19. The molecule has 1 unspecified atom stereocenters. The summed E-state index contributed by atoms with van der Waals surface area (Å²) in [6.07, 6.45) is 0.0552. The third-order valence-corrected chi connectivity index (χ3v) is 5.00. The van der Waals surface area contributed by atoms with Gasteiger partial charge in [-0.25, -0.2) is 22.6 Å². The minimum Gasteiger partial charge on any atom is -0.464 e. The first kappa shape index (κ1) is 21.2. The predicted molar refractivity (Wildman–Crippen MR) is 102 cm³/mol. The zero-order valence-corrected chi connectivity index (χ0v) is 16.0. The van der Waals surface area contributed by atoms with Crippen molar-refractivity contribution in [2.24, 2.45) is 0 Å². The van der Waals surface area contributed by atoms with Gasteiger partial charge in [-0.15, -0.1) is 0 Å². The van der Waals surface area contributed by atoms with Crippen LogP contribution in [-0.4, -0.2) is 43.2 Å². The quantitative estimate of drug-likeness (QED) is 0.453. The fraction of sp³-hybridized carbons (Fsp3) is 0.222. The molecule has 0 aliphatic rings. The Morgan fingerprint density at radius 3 is 2.43 bits per heavy atom. The Labute approximate surface area is 161 Å². The van der Waals surface area contributed by atoms with Gasteiger partial charge in [-0.3, -0.25) is 5.43 Å². The molecule has 2 aromatic rings. The standard InChI is InChI=1S/C18H20FN3O5S/c1-12(11-23)22(18(24)25)21-15-4-3-5-16(28(2,26)27)17(15)20-10-13-6-8-14(19)9-7-13/h3-9,11-12,20-21H,10H2,1-2H3,(H,24,25). The van der Waals surface area contributed by atoms with E-state index in [1.165, 1.54) is 49.4 Å². The van der Waals surface area contributed by atoms with E-state index in [4.69, 9.17) is 0 Å². The molecule has 3 N–H and O–H groups in total. The number of carboxylic acid groups (broad SMARTS) is 1. The molecule has 0 saturated carbocycles. The summed E-state index contributed by atoms with van der Waals surface area (Å²) in [5.41, 5.74) is 3.55. The van der Waals surface area contributed by atoms with Gasteiger partial charge in [0.25, 0.3) is 0 Å². The maximum absolute atomic E-state index is 13.1. The average molecular weight is 409 g/mol. The second kappa shape index (κ2) is 8.70. The van der Waals surface area contributed by atoms with Crippen LogP contribution in [0.1, 0.15) is 12.5 Å². The SMILES string of the molecule is CC(C=O)N(Nc1cccc(S(C)(=O)=O)c1NCc1ccc(F)cc1)C(=O)O. The van der Waals surface area contributed by atoms with Gasteiger partial charge >= 0.3 is 6.09 Å². The highest BCUT2D eigenvalue weighted by Crippen LogP contribution is 2.31. The van der Waals surface area contributed by atoms with Crippen molar-refractivity contribution in [3.05, 3.63) is 53.8 Å². The molecule has 0 spiro atoms. The van der Waals surface area contributed by atoms with E-state index in [9.17, 15) is 27.5 Å². The fourth-order valence-electron chi connectivity index (χ4n) is 2.42. The first-order valence-electron chi connectivity index (χ1n) is 8.19. The normalized spacial score (nSPS) is 12.1. The Balaban J connectivity index is 2.43. The third-order valence-electron chi connectivity index (χ3n) is 3.86. The lowest BCUT2D eigenvalue weighted by Gasteiger charge is -2.26. The maximum Gasteiger partial charge on any atom is 0.426 e. The molecule has 0 radical (unpaired) electrons. The van der Waals surface area contributed by atoms with Gasteiger partial charge in [-0.05, 0) is 36.8 Å². The van der Waals surface area contributed by atoms with Gasteiger partial charge in [0.2, 0.25) is 0 Å². The Morgan fingerprint density at radius 2 is 1.89 bits per heavy atom. The number of aldehydes is 1. The Kier molecular flexibility index (Phi) is 6.57. The van der Waals surface area contributed by atoms with Gasteiger partial charge in [0.05, 0.1) is 16.3 Å². The molecule has 2 aromatic carbocycles. The smallest absolute Gasteiger partial charge is 0.426 e. The van der Waals surface area contributed by atoms with Crippen LogP contribution in [0.3, 0.4) is 0 Å². The van der Waals surface area contributed by atoms with Crippen LogP contribution in [0.2, 0.25) is 0 Å². The van der Waals surface area contributed by atoms with Crippen molar-refractivity contribution in [3.63, 3.8) is 0 Å². The molecular formula is C18H20FN3O5S.